The lowest BCUT2D eigenvalue weighted by molar-refractivity contribution is -0.137. The number of hydrogen-bond donors (Lipinski definition) is 3. The summed E-state index contributed by atoms with van der Waals surface area (Å²) < 4.78 is 37.3. The highest BCUT2D eigenvalue weighted by molar-refractivity contribution is 5.64. The van der Waals surface area contributed by atoms with Gasteiger partial charge in [-0.05, 0) is 31.2 Å². The molecular weight excluding hydrogens is 271 g/mol. The number of nitrogens with one attached hydrogen (secondary N) is 2. The Hall–Kier alpha value is -2.35. The molecule has 0 unspecified atom stereocenters. The van der Waals surface area contributed by atoms with Gasteiger partial charge in [-0.1, -0.05) is 0 Å². The summed E-state index contributed by atoms with van der Waals surface area (Å²) in [5, 5.41) is 2.91. The first-order valence-corrected chi connectivity index (χ1v) is 5.64. The van der Waals surface area contributed by atoms with Crippen LogP contribution >= 0.6 is 0 Å². The van der Waals surface area contributed by atoms with Gasteiger partial charge in [-0.25, -0.2) is 15.8 Å². The van der Waals surface area contributed by atoms with Crippen LogP contribution < -0.4 is 16.6 Å². The number of aromatic nitrogens is 2. The first-order valence-electron chi connectivity index (χ1n) is 5.64. The molecule has 0 saturated carbocycles. The smallest absolute Gasteiger partial charge is 0.340 e. The standard InChI is InChI=1S/C12H12F3N5/c1-7-10(17-6-18-11(7)20-16)19-9-4-2-8(3-5-9)12(13,14)15/h2-6H,16H2,1H3,(H2,17,18,19,20). The first-order chi connectivity index (χ1) is 9.41. The Morgan fingerprint density at radius 3 is 2.20 bits per heavy atom. The second kappa shape index (κ2) is 5.33. The van der Waals surface area contributed by atoms with Gasteiger partial charge in [-0.2, -0.15) is 13.2 Å². The number of nitrogens with two attached hydrogens (primary N) is 1. The zero-order valence-corrected chi connectivity index (χ0v) is 10.5. The highest BCUT2D eigenvalue weighted by atomic mass is 19.4. The Morgan fingerprint density at radius 2 is 1.65 bits per heavy atom. The van der Waals surface area contributed by atoms with Crippen LogP contribution in [0.4, 0.5) is 30.5 Å². The van der Waals surface area contributed by atoms with Crippen molar-refractivity contribution in [3.63, 3.8) is 0 Å². The molecule has 4 N–H and O–H groups in total. The maximum Gasteiger partial charge on any atom is 0.416 e. The van der Waals surface area contributed by atoms with Crippen molar-refractivity contribution in [2.75, 3.05) is 10.7 Å². The molecule has 0 spiro atoms. The average molecular weight is 283 g/mol. The predicted molar refractivity (Wildman–Crippen MR) is 69.3 cm³/mol. The van der Waals surface area contributed by atoms with E-state index >= 15 is 0 Å². The zero-order chi connectivity index (χ0) is 14.8. The number of anilines is 3. The fourth-order valence-electron chi connectivity index (χ4n) is 1.60. The number of nitrogen functional groups attached to an aromatic ring is 1. The predicted octanol–water partition coefficient (Wildman–Crippen LogP) is 2.83. The summed E-state index contributed by atoms with van der Waals surface area (Å²) in [6, 6.07) is 4.67. The van der Waals surface area contributed by atoms with Crippen molar-refractivity contribution in [1.29, 1.82) is 0 Å². The van der Waals surface area contributed by atoms with E-state index in [2.05, 4.69) is 20.7 Å². The van der Waals surface area contributed by atoms with E-state index in [4.69, 9.17) is 5.84 Å². The van der Waals surface area contributed by atoms with Gasteiger partial charge in [-0.3, -0.25) is 0 Å². The van der Waals surface area contributed by atoms with E-state index < -0.39 is 11.7 Å². The number of benzene rings is 1. The Kier molecular flexibility index (Phi) is 3.75. The molecule has 20 heavy (non-hydrogen) atoms. The maximum atomic E-state index is 12.4. The molecule has 0 amide bonds. The lowest BCUT2D eigenvalue weighted by atomic mass is 10.2. The maximum absolute atomic E-state index is 12.4. The summed E-state index contributed by atoms with van der Waals surface area (Å²) in [7, 11) is 0. The van der Waals surface area contributed by atoms with Gasteiger partial charge in [0.05, 0.1) is 5.56 Å². The Labute approximate surface area is 113 Å². The van der Waals surface area contributed by atoms with Gasteiger partial charge in [-0.15, -0.1) is 0 Å². The highest BCUT2D eigenvalue weighted by Gasteiger charge is 2.29. The number of halogens is 3. The van der Waals surface area contributed by atoms with Gasteiger partial charge in [0.1, 0.15) is 18.0 Å². The molecule has 2 aromatic rings. The third kappa shape index (κ3) is 2.97. The Bertz CT molecular complexity index is 595. The van der Waals surface area contributed by atoms with Crippen molar-refractivity contribution in [3.8, 4) is 0 Å². The van der Waals surface area contributed by atoms with Crippen LogP contribution in [0.15, 0.2) is 30.6 Å². The van der Waals surface area contributed by atoms with Crippen LogP contribution in [-0.4, -0.2) is 9.97 Å². The van der Waals surface area contributed by atoms with Crippen LogP contribution in [0.3, 0.4) is 0 Å². The number of rotatable bonds is 3. The van der Waals surface area contributed by atoms with Gasteiger partial charge >= 0.3 is 6.18 Å². The fraction of sp³-hybridized carbons (Fsp3) is 0.167. The summed E-state index contributed by atoms with van der Waals surface area (Å²) in [5.41, 5.74) is 2.86. The van der Waals surface area contributed by atoms with E-state index in [-0.39, 0.29) is 0 Å². The molecule has 8 heteroatoms. The summed E-state index contributed by atoms with van der Waals surface area (Å²) in [5.74, 6) is 6.19. The van der Waals surface area contributed by atoms with Gasteiger partial charge in [0, 0.05) is 11.3 Å². The van der Waals surface area contributed by atoms with E-state index in [0.717, 1.165) is 12.1 Å². The molecule has 0 atom stereocenters. The van der Waals surface area contributed by atoms with Crippen molar-refractivity contribution in [2.45, 2.75) is 13.1 Å². The van der Waals surface area contributed by atoms with Gasteiger partial charge in [0.25, 0.3) is 0 Å². The normalized spacial score (nSPS) is 11.2. The van der Waals surface area contributed by atoms with Gasteiger partial charge in [0.15, 0.2) is 0 Å². The molecule has 0 fully saturated rings. The van der Waals surface area contributed by atoms with Crippen molar-refractivity contribution in [2.24, 2.45) is 5.84 Å². The number of hydrazine groups is 1. The zero-order valence-electron chi connectivity index (χ0n) is 10.5. The monoisotopic (exact) mass is 283 g/mol. The molecule has 1 aromatic carbocycles. The molecular formula is C12H12F3N5. The molecule has 106 valence electrons. The van der Waals surface area contributed by atoms with E-state index in [1.54, 1.807) is 6.92 Å². The van der Waals surface area contributed by atoms with Crippen molar-refractivity contribution < 1.29 is 13.2 Å². The van der Waals surface area contributed by atoms with E-state index in [0.29, 0.717) is 22.9 Å². The Morgan fingerprint density at radius 1 is 1.05 bits per heavy atom. The van der Waals surface area contributed by atoms with Crippen LogP contribution in [0.25, 0.3) is 0 Å². The molecule has 5 nitrogen and oxygen atoms in total. The van der Waals surface area contributed by atoms with Gasteiger partial charge in [0.2, 0.25) is 0 Å². The molecule has 0 bridgehead atoms. The van der Waals surface area contributed by atoms with Gasteiger partial charge < -0.3 is 10.7 Å². The van der Waals surface area contributed by atoms with Crippen LogP contribution in [0.2, 0.25) is 0 Å². The molecule has 1 aromatic heterocycles. The minimum absolute atomic E-state index is 0.439. The van der Waals surface area contributed by atoms with Crippen LogP contribution in [0.1, 0.15) is 11.1 Å². The van der Waals surface area contributed by atoms with Crippen LogP contribution in [0, 0.1) is 6.92 Å². The summed E-state index contributed by atoms with van der Waals surface area (Å²) >= 11 is 0. The number of nitrogens with zero attached hydrogens (tertiary/aromatic N) is 2. The molecule has 0 saturated heterocycles. The summed E-state index contributed by atoms with van der Waals surface area (Å²) in [6.07, 6.45) is -3.05. The Balaban J connectivity index is 2.23. The molecule has 2 rings (SSSR count). The molecule has 0 aliphatic rings. The first kappa shape index (κ1) is 14.1. The van der Waals surface area contributed by atoms with E-state index in [1.165, 1.54) is 18.5 Å². The molecule has 0 aliphatic carbocycles. The lowest BCUT2D eigenvalue weighted by Gasteiger charge is -2.12. The average Bonchev–Trinajstić information content (AvgIpc) is 2.41. The quantitative estimate of drug-likeness (QED) is 0.596. The second-order valence-electron chi connectivity index (χ2n) is 4.04. The summed E-state index contributed by atoms with van der Waals surface area (Å²) in [6.45, 7) is 1.74. The van der Waals surface area contributed by atoms with Crippen LogP contribution in [-0.2, 0) is 6.18 Å². The highest BCUT2D eigenvalue weighted by Crippen LogP contribution is 2.30. The SMILES string of the molecule is Cc1c(NN)ncnc1Nc1ccc(C(F)(F)F)cc1. The minimum Gasteiger partial charge on any atom is -0.340 e. The molecule has 1 heterocycles. The lowest BCUT2D eigenvalue weighted by Crippen LogP contribution is -2.11. The van der Waals surface area contributed by atoms with E-state index in [9.17, 15) is 13.2 Å². The molecule has 0 aliphatic heterocycles. The number of alkyl halides is 3. The topological polar surface area (TPSA) is 75.9 Å². The summed E-state index contributed by atoms with van der Waals surface area (Å²) in [4.78, 5) is 7.92. The number of hydrogen-bond acceptors (Lipinski definition) is 5. The largest absolute Gasteiger partial charge is 0.416 e. The second-order valence-corrected chi connectivity index (χ2v) is 4.04. The fourth-order valence-corrected chi connectivity index (χ4v) is 1.60. The third-order valence-corrected chi connectivity index (χ3v) is 2.70. The minimum atomic E-state index is -4.35. The third-order valence-electron chi connectivity index (χ3n) is 2.70. The van der Waals surface area contributed by atoms with Crippen LogP contribution in [0.5, 0.6) is 0 Å². The molecule has 0 radical (unpaired) electrons. The van der Waals surface area contributed by atoms with Crippen molar-refractivity contribution in [1.82, 2.24) is 9.97 Å². The van der Waals surface area contributed by atoms with E-state index in [1.807, 2.05) is 0 Å². The van der Waals surface area contributed by atoms with Crippen molar-refractivity contribution in [3.05, 3.63) is 41.7 Å². The van der Waals surface area contributed by atoms with Crippen molar-refractivity contribution >= 4 is 17.3 Å².